The molecule has 52 valence electrons. The Morgan fingerprint density at radius 1 is 1.44 bits per heavy atom. The lowest BCUT2D eigenvalue weighted by Crippen LogP contribution is -2.34. The van der Waals surface area contributed by atoms with Crippen molar-refractivity contribution in [1.82, 2.24) is 10.0 Å². The van der Waals surface area contributed by atoms with Gasteiger partial charge in [-0.15, -0.1) is 0 Å². The lowest BCUT2D eigenvalue weighted by Gasteiger charge is -2.17. The maximum atomic E-state index is 4.06. The van der Waals surface area contributed by atoms with Crippen LogP contribution in [0.2, 0.25) is 0 Å². The zero-order valence-corrected chi connectivity index (χ0v) is 6.20. The number of rotatable bonds is 1. The molecule has 2 nitrogen and oxygen atoms in total. The van der Waals surface area contributed by atoms with Gasteiger partial charge in [-0.3, -0.25) is 4.72 Å². The van der Waals surface area contributed by atoms with Crippen molar-refractivity contribution in [3.8, 4) is 0 Å². The minimum absolute atomic E-state index is 0.632. The van der Waals surface area contributed by atoms with Gasteiger partial charge < -0.3 is 5.32 Å². The minimum atomic E-state index is 0.632. The summed E-state index contributed by atoms with van der Waals surface area (Å²) in [5.74, 6) is 0. The van der Waals surface area contributed by atoms with E-state index >= 15 is 0 Å². The van der Waals surface area contributed by atoms with Crippen LogP contribution < -0.4 is 10.0 Å². The molecule has 0 aliphatic carbocycles. The van der Waals surface area contributed by atoms with Crippen molar-refractivity contribution in [2.45, 2.75) is 37.4 Å². The van der Waals surface area contributed by atoms with Gasteiger partial charge in [0.05, 0.1) is 0 Å². The van der Waals surface area contributed by atoms with Crippen LogP contribution in [0, 0.1) is 0 Å². The number of hydrogen-bond donors (Lipinski definition) is 3. The lowest BCUT2D eigenvalue weighted by molar-refractivity contribution is 0.481. The van der Waals surface area contributed by atoms with E-state index in [0.717, 1.165) is 6.04 Å². The largest absolute Gasteiger partial charge is 0.310 e. The van der Waals surface area contributed by atoms with E-state index in [2.05, 4.69) is 22.9 Å². The van der Waals surface area contributed by atoms with Crippen molar-refractivity contribution < 1.29 is 0 Å². The molecule has 3 unspecified atom stereocenters. The first kappa shape index (κ1) is 6.01. The van der Waals surface area contributed by atoms with E-state index < -0.39 is 0 Å². The fourth-order valence-electron chi connectivity index (χ4n) is 1.97. The van der Waals surface area contributed by atoms with E-state index in [-0.39, 0.29) is 0 Å². The molecular formula is C6H12N2S. The Morgan fingerprint density at radius 2 is 2.33 bits per heavy atom. The van der Waals surface area contributed by atoms with Crippen LogP contribution in [-0.2, 0) is 0 Å². The first-order chi connectivity index (χ1) is 4.40. The highest BCUT2D eigenvalue weighted by molar-refractivity contribution is 7.78. The topological polar surface area (TPSA) is 24.1 Å². The lowest BCUT2D eigenvalue weighted by atomic mass is 9.96. The first-order valence-corrected chi connectivity index (χ1v) is 4.00. The Labute approximate surface area is 60.9 Å². The summed E-state index contributed by atoms with van der Waals surface area (Å²) in [5, 5.41) is 3.52. The van der Waals surface area contributed by atoms with Gasteiger partial charge in [0.1, 0.15) is 0 Å². The standard InChI is InChI=1S/C6H12N2S/c9-8-6-3-4-1-2-5(6)7-4/h4-9H,1-3H2. The Morgan fingerprint density at radius 3 is 2.67 bits per heavy atom. The first-order valence-electron chi connectivity index (χ1n) is 3.56. The van der Waals surface area contributed by atoms with Gasteiger partial charge in [-0.1, -0.05) is 12.8 Å². The normalized spacial score (nSPS) is 48.3. The van der Waals surface area contributed by atoms with E-state index in [0.29, 0.717) is 12.1 Å². The molecule has 0 saturated carbocycles. The van der Waals surface area contributed by atoms with Gasteiger partial charge in [0.15, 0.2) is 0 Å². The van der Waals surface area contributed by atoms with Crippen molar-refractivity contribution in [3.05, 3.63) is 0 Å². The Kier molecular flexibility index (Phi) is 1.43. The molecule has 2 rings (SSSR count). The van der Waals surface area contributed by atoms with Crippen molar-refractivity contribution in [1.29, 1.82) is 0 Å². The van der Waals surface area contributed by atoms with Crippen LogP contribution >= 0.6 is 12.8 Å². The number of fused-ring (bicyclic) bond motifs is 2. The van der Waals surface area contributed by atoms with Gasteiger partial charge in [-0.05, 0) is 19.3 Å². The maximum absolute atomic E-state index is 4.06. The van der Waals surface area contributed by atoms with Crippen LogP contribution in [0.25, 0.3) is 0 Å². The Hall–Kier alpha value is 0.270. The molecule has 2 fully saturated rings. The van der Waals surface area contributed by atoms with Crippen LogP contribution in [0.3, 0.4) is 0 Å². The van der Waals surface area contributed by atoms with Gasteiger partial charge in [-0.2, -0.15) is 0 Å². The average Bonchev–Trinajstić information content (AvgIpc) is 2.45. The highest BCUT2D eigenvalue weighted by Crippen LogP contribution is 2.28. The predicted molar refractivity (Wildman–Crippen MR) is 40.5 cm³/mol. The van der Waals surface area contributed by atoms with Gasteiger partial charge in [0.2, 0.25) is 0 Å². The minimum Gasteiger partial charge on any atom is -0.310 e. The SMILES string of the molecule is SNC1CC2CCC1N2. The fraction of sp³-hybridized carbons (Fsp3) is 1.00. The van der Waals surface area contributed by atoms with Crippen molar-refractivity contribution >= 4 is 12.8 Å². The molecular weight excluding hydrogens is 132 g/mol. The summed E-state index contributed by atoms with van der Waals surface area (Å²) in [4.78, 5) is 0. The Bertz CT molecular complexity index is 118. The summed E-state index contributed by atoms with van der Waals surface area (Å²) in [6.07, 6.45) is 3.98. The summed E-state index contributed by atoms with van der Waals surface area (Å²) >= 11 is 4.06. The molecule has 2 saturated heterocycles. The zero-order valence-electron chi connectivity index (χ0n) is 5.30. The molecule has 2 N–H and O–H groups in total. The van der Waals surface area contributed by atoms with Crippen molar-refractivity contribution in [2.75, 3.05) is 0 Å². The quantitative estimate of drug-likeness (QED) is 0.461. The molecule has 2 heterocycles. The molecule has 2 aliphatic heterocycles. The number of thiol groups is 1. The van der Waals surface area contributed by atoms with Crippen LogP contribution in [0.4, 0.5) is 0 Å². The molecule has 2 bridgehead atoms. The molecule has 0 aromatic rings. The zero-order chi connectivity index (χ0) is 6.27. The van der Waals surface area contributed by atoms with Crippen LogP contribution in [0.15, 0.2) is 0 Å². The molecule has 3 heteroatoms. The summed E-state index contributed by atoms with van der Waals surface area (Å²) < 4.78 is 3.03. The molecule has 3 atom stereocenters. The van der Waals surface area contributed by atoms with E-state index in [1.165, 1.54) is 19.3 Å². The Balaban J connectivity index is 2.01. The van der Waals surface area contributed by atoms with Gasteiger partial charge in [0, 0.05) is 18.1 Å². The molecule has 2 aliphatic rings. The molecule has 0 radical (unpaired) electrons. The van der Waals surface area contributed by atoms with E-state index in [4.69, 9.17) is 0 Å². The third kappa shape index (κ3) is 0.876. The number of hydrogen-bond acceptors (Lipinski definition) is 3. The molecule has 9 heavy (non-hydrogen) atoms. The second-order valence-corrected chi connectivity index (χ2v) is 3.28. The molecule has 0 aromatic heterocycles. The van der Waals surface area contributed by atoms with Gasteiger partial charge in [0.25, 0.3) is 0 Å². The molecule has 0 spiro atoms. The average molecular weight is 144 g/mol. The fourth-order valence-corrected chi connectivity index (χ4v) is 2.25. The third-order valence-corrected chi connectivity index (χ3v) is 2.80. The van der Waals surface area contributed by atoms with Gasteiger partial charge >= 0.3 is 0 Å². The van der Waals surface area contributed by atoms with Gasteiger partial charge in [-0.25, -0.2) is 0 Å². The summed E-state index contributed by atoms with van der Waals surface area (Å²) in [5.41, 5.74) is 0. The van der Waals surface area contributed by atoms with Crippen LogP contribution in [0.1, 0.15) is 19.3 Å². The number of nitrogens with one attached hydrogen (secondary N) is 2. The van der Waals surface area contributed by atoms with Crippen molar-refractivity contribution in [2.24, 2.45) is 0 Å². The van der Waals surface area contributed by atoms with Crippen LogP contribution in [-0.4, -0.2) is 18.1 Å². The smallest absolute Gasteiger partial charge is 0.0337 e. The monoisotopic (exact) mass is 144 g/mol. The second kappa shape index (κ2) is 2.15. The van der Waals surface area contributed by atoms with Crippen molar-refractivity contribution in [3.63, 3.8) is 0 Å². The highest BCUT2D eigenvalue weighted by atomic mass is 32.1. The summed E-state index contributed by atoms with van der Waals surface area (Å²) in [6, 6.07) is 2.14. The predicted octanol–water partition coefficient (Wildman–Crippen LogP) is 0.314. The highest BCUT2D eigenvalue weighted by Gasteiger charge is 2.38. The van der Waals surface area contributed by atoms with E-state index in [1.807, 2.05) is 0 Å². The summed E-state index contributed by atoms with van der Waals surface area (Å²) in [6.45, 7) is 0. The molecule has 0 amide bonds. The van der Waals surface area contributed by atoms with E-state index in [9.17, 15) is 0 Å². The third-order valence-electron chi connectivity index (χ3n) is 2.47. The second-order valence-electron chi connectivity index (χ2n) is 3.02. The summed E-state index contributed by atoms with van der Waals surface area (Å²) in [7, 11) is 0. The molecule has 0 aromatic carbocycles. The van der Waals surface area contributed by atoms with Crippen LogP contribution in [0.5, 0.6) is 0 Å². The maximum Gasteiger partial charge on any atom is 0.0337 e. The van der Waals surface area contributed by atoms with E-state index in [1.54, 1.807) is 0 Å².